The van der Waals surface area contributed by atoms with E-state index >= 15 is 0 Å². The van der Waals surface area contributed by atoms with Gasteiger partial charge in [-0.2, -0.15) is 0 Å². The Morgan fingerprint density at radius 3 is 2.76 bits per heavy atom. The molecular weight excluding hydrogens is 438 g/mol. The van der Waals surface area contributed by atoms with Gasteiger partial charge in [-0.1, -0.05) is 49.6 Å². The third-order valence-electron chi connectivity index (χ3n) is 9.44. The van der Waals surface area contributed by atoms with E-state index in [9.17, 15) is 4.79 Å². The number of nitrogens with one attached hydrogen (secondary N) is 1. The van der Waals surface area contributed by atoms with Gasteiger partial charge in [0.1, 0.15) is 0 Å². The number of likely N-dealkylation sites (tertiary alicyclic amines) is 1. The van der Waals surface area contributed by atoms with Crippen molar-refractivity contribution in [1.82, 2.24) is 15.2 Å². The highest BCUT2D eigenvalue weighted by Crippen LogP contribution is 2.49. The van der Waals surface area contributed by atoms with Crippen molar-refractivity contribution in [2.24, 2.45) is 11.8 Å². The van der Waals surface area contributed by atoms with Gasteiger partial charge >= 0.3 is 0 Å². The van der Waals surface area contributed by atoms with Crippen LogP contribution in [0, 0.1) is 18.8 Å². The number of thiazole rings is 1. The van der Waals surface area contributed by atoms with Crippen molar-refractivity contribution in [3.63, 3.8) is 0 Å². The van der Waals surface area contributed by atoms with Gasteiger partial charge in [-0.3, -0.25) is 4.79 Å². The molecule has 6 rings (SSSR count). The predicted molar refractivity (Wildman–Crippen MR) is 138 cm³/mol. The molecule has 2 aromatic rings. The van der Waals surface area contributed by atoms with Gasteiger partial charge in [0, 0.05) is 36.0 Å². The fourth-order valence-corrected chi connectivity index (χ4v) is 9.00. The van der Waals surface area contributed by atoms with Crippen LogP contribution in [0.4, 0.5) is 0 Å². The van der Waals surface area contributed by atoms with Crippen LogP contribution in [0.1, 0.15) is 84.8 Å². The highest BCUT2D eigenvalue weighted by atomic mass is 32.1. The van der Waals surface area contributed by atoms with Crippen molar-refractivity contribution in [2.75, 3.05) is 19.6 Å². The van der Waals surface area contributed by atoms with E-state index in [0.717, 1.165) is 56.7 Å². The molecule has 4 atom stereocenters. The average Bonchev–Trinajstić information content (AvgIpc) is 3.48. The van der Waals surface area contributed by atoms with Crippen LogP contribution < -0.4 is 5.32 Å². The Labute approximate surface area is 208 Å². The highest BCUT2D eigenvalue weighted by molar-refractivity contribution is 7.11. The number of piperidine rings is 1. The number of hydrogen-bond acceptors (Lipinski definition) is 4. The molecule has 182 valence electrons. The fourth-order valence-electron chi connectivity index (χ4n) is 7.76. The van der Waals surface area contributed by atoms with E-state index in [1.807, 2.05) is 11.3 Å². The van der Waals surface area contributed by atoms with Gasteiger partial charge in [-0.15, -0.1) is 11.3 Å². The molecule has 3 heterocycles. The van der Waals surface area contributed by atoms with E-state index < -0.39 is 0 Å². The van der Waals surface area contributed by atoms with Gasteiger partial charge in [-0.25, -0.2) is 4.98 Å². The van der Waals surface area contributed by atoms with Crippen molar-refractivity contribution in [3.05, 3.63) is 51.5 Å². The molecule has 1 aromatic heterocycles. The van der Waals surface area contributed by atoms with Gasteiger partial charge < -0.3 is 10.2 Å². The second kappa shape index (κ2) is 9.39. The summed E-state index contributed by atoms with van der Waals surface area (Å²) in [7, 11) is 0. The Bertz CT molecular complexity index is 1010. The number of carbonyl (C=O) groups is 1. The minimum absolute atomic E-state index is 0.0377. The monoisotopic (exact) mass is 477 g/mol. The summed E-state index contributed by atoms with van der Waals surface area (Å²) >= 11 is 1.86. The van der Waals surface area contributed by atoms with Crippen LogP contribution >= 0.6 is 11.3 Å². The molecule has 1 aromatic carbocycles. The van der Waals surface area contributed by atoms with Crippen LogP contribution in [0.3, 0.4) is 0 Å². The molecule has 3 fully saturated rings. The zero-order chi connectivity index (χ0) is 23.1. The number of amides is 1. The zero-order valence-electron chi connectivity index (χ0n) is 20.6. The molecule has 2 aliphatic heterocycles. The maximum atomic E-state index is 14.5. The van der Waals surface area contributed by atoms with E-state index in [4.69, 9.17) is 4.98 Å². The first kappa shape index (κ1) is 22.7. The third kappa shape index (κ3) is 3.93. The SMILES string of the molecule is Cc1nc2c(s1)C1(CCC2)CNCC1C(=O)N1CCC(c2ccccc2)CC1C1CCCCC1. The number of nitrogens with zero attached hydrogens (tertiary/aromatic N) is 2. The Morgan fingerprint density at radius 2 is 1.94 bits per heavy atom. The van der Waals surface area contributed by atoms with E-state index in [1.165, 1.54) is 48.2 Å². The van der Waals surface area contributed by atoms with Crippen LogP contribution in [0.2, 0.25) is 0 Å². The summed E-state index contributed by atoms with van der Waals surface area (Å²) in [6, 6.07) is 11.5. The van der Waals surface area contributed by atoms with Crippen LogP contribution in [-0.2, 0) is 16.6 Å². The molecule has 4 aliphatic rings. The second-order valence-electron chi connectivity index (χ2n) is 11.3. The standard InChI is InChI=1S/C29H39N3OS/c1-20-31-25-13-8-15-29(27(25)34-20)19-30-18-24(29)28(33)32-16-14-23(21-9-4-2-5-10-21)17-26(32)22-11-6-3-7-12-22/h2,4-5,9-10,22-24,26,30H,3,6-8,11-19H2,1H3. The number of aromatic nitrogens is 1. The van der Waals surface area contributed by atoms with Crippen molar-refractivity contribution in [2.45, 2.75) is 88.5 Å². The van der Waals surface area contributed by atoms with Crippen LogP contribution in [0.15, 0.2) is 30.3 Å². The molecule has 34 heavy (non-hydrogen) atoms. The summed E-state index contributed by atoms with van der Waals surface area (Å²) in [5.74, 6) is 1.75. The largest absolute Gasteiger partial charge is 0.339 e. The van der Waals surface area contributed by atoms with Gasteiger partial charge in [0.05, 0.1) is 16.6 Å². The number of hydrogen-bond donors (Lipinski definition) is 1. The molecule has 5 heteroatoms. The van der Waals surface area contributed by atoms with E-state index in [1.54, 1.807) is 0 Å². The highest BCUT2D eigenvalue weighted by Gasteiger charge is 2.53. The predicted octanol–water partition coefficient (Wildman–Crippen LogP) is 5.60. The Morgan fingerprint density at radius 1 is 1.12 bits per heavy atom. The van der Waals surface area contributed by atoms with Gasteiger partial charge in [-0.05, 0) is 69.3 Å². The Balaban J connectivity index is 1.30. The molecule has 2 aliphatic carbocycles. The summed E-state index contributed by atoms with van der Waals surface area (Å²) in [4.78, 5) is 23.1. The van der Waals surface area contributed by atoms with Crippen molar-refractivity contribution >= 4 is 17.2 Å². The summed E-state index contributed by atoms with van der Waals surface area (Å²) in [5, 5.41) is 4.82. The lowest BCUT2D eigenvalue weighted by molar-refractivity contribution is -0.143. The number of carbonyl (C=O) groups excluding carboxylic acids is 1. The lowest BCUT2D eigenvalue weighted by Crippen LogP contribution is -2.55. The molecule has 4 nitrogen and oxygen atoms in total. The number of rotatable bonds is 3. The van der Waals surface area contributed by atoms with E-state index in [-0.39, 0.29) is 11.3 Å². The topological polar surface area (TPSA) is 45.2 Å². The average molecular weight is 478 g/mol. The first-order valence-electron chi connectivity index (χ1n) is 13.7. The summed E-state index contributed by atoms with van der Waals surface area (Å²) < 4.78 is 0. The maximum absolute atomic E-state index is 14.5. The quantitative estimate of drug-likeness (QED) is 0.626. The fraction of sp³-hybridized carbons (Fsp3) is 0.655. The van der Waals surface area contributed by atoms with Gasteiger partial charge in [0.2, 0.25) is 5.91 Å². The van der Waals surface area contributed by atoms with Crippen LogP contribution in [-0.4, -0.2) is 41.5 Å². The molecule has 1 saturated carbocycles. The molecule has 1 N–H and O–H groups in total. The van der Waals surface area contributed by atoms with Crippen molar-refractivity contribution in [1.29, 1.82) is 0 Å². The summed E-state index contributed by atoms with van der Waals surface area (Å²) in [5.41, 5.74) is 2.71. The number of fused-ring (bicyclic) bond motifs is 2. The van der Waals surface area contributed by atoms with Gasteiger partial charge in [0.15, 0.2) is 0 Å². The normalized spacial score (nSPS) is 32.1. The van der Waals surface area contributed by atoms with Crippen LogP contribution in [0.5, 0.6) is 0 Å². The number of benzene rings is 1. The molecule has 0 radical (unpaired) electrons. The summed E-state index contributed by atoms with van der Waals surface area (Å²) in [6.45, 7) is 4.81. The Hall–Kier alpha value is -1.72. The molecule has 0 bridgehead atoms. The minimum Gasteiger partial charge on any atom is -0.339 e. The van der Waals surface area contributed by atoms with Gasteiger partial charge in [0.25, 0.3) is 0 Å². The Kier molecular flexibility index (Phi) is 6.27. The van der Waals surface area contributed by atoms with Crippen molar-refractivity contribution in [3.8, 4) is 0 Å². The van der Waals surface area contributed by atoms with Crippen LogP contribution in [0.25, 0.3) is 0 Å². The lowest BCUT2D eigenvalue weighted by atomic mass is 9.68. The van der Waals surface area contributed by atoms with Crippen molar-refractivity contribution < 1.29 is 4.79 Å². The van der Waals surface area contributed by atoms with E-state index in [2.05, 4.69) is 47.5 Å². The third-order valence-corrected chi connectivity index (χ3v) is 10.7. The lowest BCUT2D eigenvalue weighted by Gasteiger charge is -2.47. The second-order valence-corrected chi connectivity index (χ2v) is 12.5. The zero-order valence-corrected chi connectivity index (χ0v) is 21.4. The molecule has 4 unspecified atom stereocenters. The first-order valence-corrected chi connectivity index (χ1v) is 14.5. The molecular formula is C29H39N3OS. The molecule has 1 amide bonds. The number of aryl methyl sites for hydroxylation is 2. The minimum atomic E-state index is -0.0377. The first-order chi connectivity index (χ1) is 16.7. The molecule has 1 spiro atoms. The smallest absolute Gasteiger partial charge is 0.228 e. The summed E-state index contributed by atoms with van der Waals surface area (Å²) in [6.07, 6.45) is 12.2. The van der Waals surface area contributed by atoms with E-state index in [0.29, 0.717) is 23.8 Å². The molecule has 2 saturated heterocycles. The maximum Gasteiger partial charge on any atom is 0.228 e.